The Balaban J connectivity index is 1.95. The lowest BCUT2D eigenvalue weighted by atomic mass is 9.44. The maximum Gasteiger partial charge on any atom is 0.331 e. The van der Waals surface area contributed by atoms with Crippen molar-refractivity contribution in [2.75, 3.05) is 0 Å². The molecule has 3 rings (SSSR count). The summed E-state index contributed by atoms with van der Waals surface area (Å²) in [5, 5.41) is 10.7. The first kappa shape index (κ1) is 20.4. The van der Waals surface area contributed by atoms with E-state index in [1.165, 1.54) is 6.92 Å². The second kappa shape index (κ2) is 6.91. The molecule has 0 amide bonds. The molecular formula is C22H34O5. The van der Waals surface area contributed by atoms with E-state index in [0.29, 0.717) is 0 Å². The summed E-state index contributed by atoms with van der Waals surface area (Å²) < 4.78 is 11.3. The van der Waals surface area contributed by atoms with Crippen molar-refractivity contribution in [2.45, 2.75) is 85.5 Å². The number of carbonyl (C=O) groups is 2. The number of esters is 2. The fourth-order valence-corrected chi connectivity index (χ4v) is 6.26. The number of rotatable bonds is 3. The van der Waals surface area contributed by atoms with E-state index >= 15 is 0 Å². The fraction of sp³-hybridized carbons (Fsp3) is 0.818. The van der Waals surface area contributed by atoms with Crippen molar-refractivity contribution in [3.05, 3.63) is 11.6 Å². The van der Waals surface area contributed by atoms with Gasteiger partial charge in [0.25, 0.3) is 0 Å². The van der Waals surface area contributed by atoms with E-state index in [1.807, 2.05) is 6.92 Å². The van der Waals surface area contributed by atoms with Crippen LogP contribution in [-0.2, 0) is 19.1 Å². The molecule has 1 heterocycles. The monoisotopic (exact) mass is 378 g/mol. The molecule has 2 aliphatic carbocycles. The molecule has 3 aliphatic rings. The zero-order valence-corrected chi connectivity index (χ0v) is 17.5. The Morgan fingerprint density at radius 2 is 2.04 bits per heavy atom. The lowest BCUT2D eigenvalue weighted by Crippen LogP contribution is -2.59. The normalized spacial score (nSPS) is 43.5. The molecule has 0 bridgehead atoms. The van der Waals surface area contributed by atoms with Crippen molar-refractivity contribution >= 4 is 11.9 Å². The van der Waals surface area contributed by atoms with Crippen LogP contribution >= 0.6 is 0 Å². The van der Waals surface area contributed by atoms with Crippen molar-refractivity contribution in [3.63, 3.8) is 0 Å². The van der Waals surface area contributed by atoms with Crippen molar-refractivity contribution in [1.29, 1.82) is 0 Å². The molecule has 0 aromatic carbocycles. The molecule has 2 fully saturated rings. The van der Waals surface area contributed by atoms with Gasteiger partial charge in [-0.3, -0.25) is 4.79 Å². The predicted molar refractivity (Wildman–Crippen MR) is 102 cm³/mol. The Labute approximate surface area is 162 Å². The minimum atomic E-state index is -0.353. The van der Waals surface area contributed by atoms with Crippen molar-refractivity contribution in [2.24, 2.45) is 28.6 Å². The van der Waals surface area contributed by atoms with Gasteiger partial charge in [0.05, 0.1) is 6.10 Å². The van der Waals surface area contributed by atoms with E-state index in [2.05, 4.69) is 27.7 Å². The van der Waals surface area contributed by atoms with Crippen LogP contribution in [0.25, 0.3) is 0 Å². The molecule has 5 nitrogen and oxygen atoms in total. The minimum Gasteiger partial charge on any atom is -0.462 e. The van der Waals surface area contributed by atoms with Crippen molar-refractivity contribution < 1.29 is 24.2 Å². The van der Waals surface area contributed by atoms with Crippen LogP contribution in [0.2, 0.25) is 0 Å². The number of ether oxygens (including phenoxy) is 2. The lowest BCUT2D eigenvalue weighted by molar-refractivity contribution is -0.195. The summed E-state index contributed by atoms with van der Waals surface area (Å²) in [5.41, 5.74) is 0.729. The number of cyclic esters (lactones) is 1. The first-order valence-corrected chi connectivity index (χ1v) is 10.2. The topological polar surface area (TPSA) is 72.8 Å². The molecule has 2 saturated carbocycles. The number of carbonyl (C=O) groups excluding carboxylic acids is 2. The summed E-state index contributed by atoms with van der Waals surface area (Å²) in [5.74, 6) is 0.131. The molecule has 1 aliphatic heterocycles. The lowest BCUT2D eigenvalue weighted by Gasteiger charge is -2.62. The van der Waals surface area contributed by atoms with E-state index in [0.717, 1.165) is 31.3 Å². The molecule has 1 N–H and O–H groups in total. The van der Waals surface area contributed by atoms with Crippen LogP contribution in [0, 0.1) is 28.6 Å². The standard InChI is InChI=1S/C22H34O5/c1-12-9-20(25)27-16(12)10-15-13(2)17(26-14(3)23)11-18-21(4,5)19(24)7-8-22(15,18)6/h9,13,15-19,24H,7-8,10-11H2,1-6H3. The Hall–Kier alpha value is -1.36. The first-order valence-electron chi connectivity index (χ1n) is 10.2. The quantitative estimate of drug-likeness (QED) is 0.759. The Morgan fingerprint density at radius 3 is 2.59 bits per heavy atom. The van der Waals surface area contributed by atoms with Gasteiger partial charge < -0.3 is 14.6 Å². The fourth-order valence-electron chi connectivity index (χ4n) is 6.26. The SMILES string of the molecule is CC(=O)OC1CC2C(C)(C)C(O)CCC2(C)C(CC2OC(=O)C=C2C)C1C. The number of hydrogen-bond acceptors (Lipinski definition) is 5. The summed E-state index contributed by atoms with van der Waals surface area (Å²) in [4.78, 5) is 23.4. The van der Waals surface area contributed by atoms with E-state index in [4.69, 9.17) is 9.47 Å². The third-order valence-corrected chi connectivity index (χ3v) is 7.94. The van der Waals surface area contributed by atoms with E-state index in [9.17, 15) is 14.7 Å². The molecule has 7 unspecified atom stereocenters. The van der Waals surface area contributed by atoms with Gasteiger partial charge in [0, 0.05) is 13.0 Å². The largest absolute Gasteiger partial charge is 0.462 e. The van der Waals surface area contributed by atoms with Crippen LogP contribution in [0.15, 0.2) is 11.6 Å². The molecule has 0 radical (unpaired) electrons. The Bertz CT molecular complexity index is 651. The highest BCUT2D eigenvalue weighted by molar-refractivity contribution is 5.85. The molecule has 7 atom stereocenters. The molecule has 27 heavy (non-hydrogen) atoms. The smallest absolute Gasteiger partial charge is 0.331 e. The highest BCUT2D eigenvalue weighted by Gasteiger charge is 2.59. The summed E-state index contributed by atoms with van der Waals surface area (Å²) in [6.07, 6.45) is 4.09. The van der Waals surface area contributed by atoms with Gasteiger partial charge in [-0.1, -0.05) is 27.7 Å². The molecule has 0 aromatic heterocycles. The van der Waals surface area contributed by atoms with Gasteiger partial charge in [-0.25, -0.2) is 4.79 Å². The number of aliphatic hydroxyl groups excluding tert-OH is 1. The van der Waals surface area contributed by atoms with Crippen molar-refractivity contribution in [1.82, 2.24) is 0 Å². The van der Waals surface area contributed by atoms with Crippen LogP contribution in [0.4, 0.5) is 0 Å². The van der Waals surface area contributed by atoms with Gasteiger partial charge in [-0.15, -0.1) is 0 Å². The number of fused-ring (bicyclic) bond motifs is 1. The highest BCUT2D eigenvalue weighted by atomic mass is 16.5. The average Bonchev–Trinajstić information content (AvgIpc) is 2.87. The molecule has 0 saturated heterocycles. The van der Waals surface area contributed by atoms with Crippen LogP contribution in [0.3, 0.4) is 0 Å². The second-order valence-corrected chi connectivity index (χ2v) is 9.83. The first-order chi connectivity index (χ1) is 12.5. The highest BCUT2D eigenvalue weighted by Crippen LogP contribution is 2.62. The van der Waals surface area contributed by atoms with E-state index < -0.39 is 0 Å². The molecule has 0 spiro atoms. The van der Waals surface area contributed by atoms with Crippen LogP contribution in [0.1, 0.15) is 67.2 Å². The summed E-state index contributed by atoms with van der Waals surface area (Å²) in [7, 11) is 0. The van der Waals surface area contributed by atoms with E-state index in [1.54, 1.807) is 6.08 Å². The van der Waals surface area contributed by atoms with Crippen molar-refractivity contribution in [3.8, 4) is 0 Å². The van der Waals surface area contributed by atoms with Crippen LogP contribution in [0.5, 0.6) is 0 Å². The van der Waals surface area contributed by atoms with Gasteiger partial charge in [0.2, 0.25) is 0 Å². The minimum absolute atomic E-state index is 0.00801. The molecular weight excluding hydrogens is 344 g/mol. The Morgan fingerprint density at radius 1 is 1.37 bits per heavy atom. The summed E-state index contributed by atoms with van der Waals surface area (Å²) in [6.45, 7) is 12.2. The maximum atomic E-state index is 11.7. The third-order valence-electron chi connectivity index (χ3n) is 7.94. The predicted octanol–water partition coefficient (Wildman–Crippen LogP) is 3.64. The third kappa shape index (κ3) is 3.43. The summed E-state index contributed by atoms with van der Waals surface area (Å²) in [6, 6.07) is 0. The second-order valence-electron chi connectivity index (χ2n) is 9.83. The zero-order chi connectivity index (χ0) is 20.1. The van der Waals surface area contributed by atoms with Gasteiger partial charge in [0.1, 0.15) is 12.2 Å². The zero-order valence-electron chi connectivity index (χ0n) is 17.5. The number of aliphatic hydroxyl groups is 1. The molecule has 5 heteroatoms. The Kier molecular flexibility index (Phi) is 5.21. The molecule has 152 valence electrons. The van der Waals surface area contributed by atoms with Gasteiger partial charge in [0.15, 0.2) is 0 Å². The number of hydrogen-bond donors (Lipinski definition) is 1. The van der Waals surface area contributed by atoms with Gasteiger partial charge >= 0.3 is 11.9 Å². The van der Waals surface area contributed by atoms with Gasteiger partial charge in [-0.05, 0) is 66.8 Å². The van der Waals surface area contributed by atoms with Crippen LogP contribution < -0.4 is 0 Å². The van der Waals surface area contributed by atoms with E-state index in [-0.39, 0.29) is 58.8 Å². The summed E-state index contributed by atoms with van der Waals surface area (Å²) >= 11 is 0. The molecule has 0 aromatic rings. The van der Waals surface area contributed by atoms with Gasteiger partial charge in [-0.2, -0.15) is 0 Å². The maximum absolute atomic E-state index is 11.7. The van der Waals surface area contributed by atoms with Crippen LogP contribution in [-0.4, -0.2) is 35.4 Å². The average molecular weight is 379 g/mol.